The first-order chi connectivity index (χ1) is 14.4. The van der Waals surface area contributed by atoms with Crippen LogP contribution in [0.3, 0.4) is 0 Å². The van der Waals surface area contributed by atoms with Crippen molar-refractivity contribution in [1.29, 1.82) is 0 Å². The minimum Gasteiger partial charge on any atom is -0.397 e. The van der Waals surface area contributed by atoms with E-state index in [0.29, 0.717) is 28.2 Å². The summed E-state index contributed by atoms with van der Waals surface area (Å²) in [6.07, 6.45) is 5.68. The zero-order chi connectivity index (χ0) is 21.3. The summed E-state index contributed by atoms with van der Waals surface area (Å²) >= 11 is 5.95. The summed E-state index contributed by atoms with van der Waals surface area (Å²) in [5.41, 5.74) is 8.92. The summed E-state index contributed by atoms with van der Waals surface area (Å²) in [7, 11) is 0. The Morgan fingerprint density at radius 1 is 1.17 bits per heavy atom. The van der Waals surface area contributed by atoms with Gasteiger partial charge in [0.25, 0.3) is 0 Å². The Morgan fingerprint density at radius 3 is 2.67 bits per heavy atom. The highest BCUT2D eigenvalue weighted by atomic mass is 35.5. The van der Waals surface area contributed by atoms with Gasteiger partial charge in [0.05, 0.1) is 16.2 Å². The van der Waals surface area contributed by atoms with Gasteiger partial charge in [-0.3, -0.25) is 9.78 Å². The van der Waals surface area contributed by atoms with Gasteiger partial charge < -0.3 is 11.1 Å². The van der Waals surface area contributed by atoms with E-state index in [-0.39, 0.29) is 17.6 Å². The fourth-order valence-electron chi connectivity index (χ4n) is 4.52. The summed E-state index contributed by atoms with van der Waals surface area (Å²) in [5.74, 6) is 0.334. The molecular formula is C24H25ClFN3O. The number of nitrogen functional groups attached to an aromatic ring is 1. The molecule has 156 valence electrons. The average Bonchev–Trinajstić information content (AvgIpc) is 2.75. The summed E-state index contributed by atoms with van der Waals surface area (Å²) in [4.78, 5) is 17.1. The topological polar surface area (TPSA) is 68.0 Å². The van der Waals surface area contributed by atoms with Gasteiger partial charge in [0.1, 0.15) is 5.82 Å². The van der Waals surface area contributed by atoms with Crippen LogP contribution in [0.4, 0.5) is 15.8 Å². The van der Waals surface area contributed by atoms with Crippen LogP contribution in [0.25, 0.3) is 10.9 Å². The zero-order valence-corrected chi connectivity index (χ0v) is 17.6. The Hall–Kier alpha value is -2.66. The van der Waals surface area contributed by atoms with Crippen LogP contribution in [0.15, 0.2) is 48.7 Å². The molecule has 0 radical (unpaired) electrons. The molecule has 1 aromatic heterocycles. The molecule has 0 aliphatic heterocycles. The molecule has 4 nitrogen and oxygen atoms in total. The van der Waals surface area contributed by atoms with E-state index in [4.69, 9.17) is 17.3 Å². The van der Waals surface area contributed by atoms with E-state index in [2.05, 4.69) is 10.3 Å². The Morgan fingerprint density at radius 2 is 1.93 bits per heavy atom. The summed E-state index contributed by atoms with van der Waals surface area (Å²) in [6.45, 7) is 1.98. The highest BCUT2D eigenvalue weighted by Crippen LogP contribution is 2.41. The molecule has 0 bridgehead atoms. The van der Waals surface area contributed by atoms with Crippen LogP contribution in [-0.4, -0.2) is 10.9 Å². The van der Waals surface area contributed by atoms with Crippen molar-refractivity contribution in [2.24, 2.45) is 11.8 Å². The van der Waals surface area contributed by atoms with E-state index in [9.17, 15) is 9.18 Å². The van der Waals surface area contributed by atoms with Crippen molar-refractivity contribution in [2.45, 2.75) is 38.5 Å². The van der Waals surface area contributed by atoms with Gasteiger partial charge in [0.15, 0.2) is 0 Å². The van der Waals surface area contributed by atoms with E-state index >= 15 is 0 Å². The molecule has 1 amide bonds. The molecule has 0 saturated heterocycles. The second kappa shape index (κ2) is 8.60. The van der Waals surface area contributed by atoms with Crippen LogP contribution in [-0.2, 0) is 4.79 Å². The average molecular weight is 426 g/mol. The van der Waals surface area contributed by atoms with Gasteiger partial charge in [-0.15, -0.1) is 0 Å². The maximum atomic E-state index is 13.8. The predicted octanol–water partition coefficient (Wildman–Crippen LogP) is 6.16. The Kier molecular flexibility index (Phi) is 5.91. The number of carbonyl (C=O) groups excluding carboxylic acids is 1. The van der Waals surface area contributed by atoms with Crippen molar-refractivity contribution in [3.05, 3.63) is 65.1 Å². The van der Waals surface area contributed by atoms with Crippen molar-refractivity contribution in [3.8, 4) is 0 Å². The Balaban J connectivity index is 1.41. The third kappa shape index (κ3) is 4.26. The normalized spacial score (nSPS) is 20.1. The lowest BCUT2D eigenvalue weighted by Crippen LogP contribution is -2.29. The first-order valence-electron chi connectivity index (χ1n) is 10.3. The van der Waals surface area contributed by atoms with Crippen molar-refractivity contribution < 1.29 is 9.18 Å². The van der Waals surface area contributed by atoms with E-state index in [1.807, 2.05) is 13.0 Å². The van der Waals surface area contributed by atoms with Crippen LogP contribution in [0.5, 0.6) is 0 Å². The van der Waals surface area contributed by atoms with Gasteiger partial charge in [-0.1, -0.05) is 18.5 Å². The van der Waals surface area contributed by atoms with Gasteiger partial charge in [-0.25, -0.2) is 4.39 Å². The molecule has 0 unspecified atom stereocenters. The van der Waals surface area contributed by atoms with Gasteiger partial charge >= 0.3 is 0 Å². The highest BCUT2D eigenvalue weighted by molar-refractivity contribution is 6.33. The number of benzene rings is 2. The Bertz CT molecular complexity index is 1080. The number of pyridine rings is 1. The largest absolute Gasteiger partial charge is 0.397 e. The molecule has 6 heteroatoms. The number of rotatable bonds is 4. The Labute approximate surface area is 180 Å². The maximum absolute atomic E-state index is 13.8. The molecule has 1 fully saturated rings. The number of nitrogens with one attached hydrogen (secondary N) is 1. The minimum absolute atomic E-state index is 0.00314. The lowest BCUT2D eigenvalue weighted by molar-refractivity contribution is -0.121. The third-order valence-electron chi connectivity index (χ3n) is 6.33. The first-order valence-corrected chi connectivity index (χ1v) is 10.7. The molecule has 0 spiro atoms. The van der Waals surface area contributed by atoms with Crippen molar-refractivity contribution >= 4 is 39.8 Å². The van der Waals surface area contributed by atoms with Crippen LogP contribution < -0.4 is 11.1 Å². The van der Waals surface area contributed by atoms with Crippen LogP contribution in [0.1, 0.15) is 44.1 Å². The van der Waals surface area contributed by atoms with Gasteiger partial charge in [-0.2, -0.15) is 0 Å². The molecule has 3 N–H and O–H groups in total. The van der Waals surface area contributed by atoms with Crippen molar-refractivity contribution in [3.63, 3.8) is 0 Å². The number of nitrogens with zero attached hydrogens (tertiary/aromatic N) is 1. The van der Waals surface area contributed by atoms with Crippen LogP contribution in [0.2, 0.25) is 5.02 Å². The highest BCUT2D eigenvalue weighted by Gasteiger charge is 2.30. The molecule has 3 aromatic rings. The minimum atomic E-state index is -0.237. The fourth-order valence-corrected chi connectivity index (χ4v) is 4.64. The van der Waals surface area contributed by atoms with E-state index in [0.717, 1.165) is 42.1 Å². The van der Waals surface area contributed by atoms with E-state index in [1.165, 1.54) is 6.07 Å². The molecule has 1 aliphatic carbocycles. The predicted molar refractivity (Wildman–Crippen MR) is 120 cm³/mol. The summed E-state index contributed by atoms with van der Waals surface area (Å²) < 4.78 is 13.8. The quantitative estimate of drug-likeness (QED) is 0.492. The maximum Gasteiger partial charge on any atom is 0.227 e. The van der Waals surface area contributed by atoms with Crippen LogP contribution in [0, 0.1) is 17.7 Å². The number of aromatic nitrogens is 1. The second-order valence-corrected chi connectivity index (χ2v) is 8.59. The number of halogens is 2. The van der Waals surface area contributed by atoms with E-state index < -0.39 is 0 Å². The lowest BCUT2D eigenvalue weighted by atomic mass is 9.73. The summed E-state index contributed by atoms with van der Waals surface area (Å²) in [5, 5.41) is 4.32. The number of carbonyl (C=O) groups is 1. The van der Waals surface area contributed by atoms with Crippen molar-refractivity contribution in [2.75, 3.05) is 11.1 Å². The number of hydrogen-bond donors (Lipinski definition) is 2. The monoisotopic (exact) mass is 425 g/mol. The molecule has 1 aliphatic rings. The first kappa shape index (κ1) is 20.6. The molecule has 2 aromatic carbocycles. The standard InChI is InChI=1S/C24H25ClFN3O/c1-14(24(30)29-18-7-8-21(25)22(27)13-18)15-2-4-16(5-3-15)19-10-11-28-23-9-6-17(26)12-20(19)23/h6-16H,2-5,27H2,1H3,(H,29,30)/t14-,15?,16?/m1/s1. The van der Waals surface area contributed by atoms with E-state index in [1.54, 1.807) is 36.5 Å². The number of fused-ring (bicyclic) bond motifs is 1. The molecule has 1 saturated carbocycles. The number of amides is 1. The third-order valence-corrected chi connectivity index (χ3v) is 6.68. The fraction of sp³-hybridized carbons (Fsp3) is 0.333. The molecular weight excluding hydrogens is 401 g/mol. The lowest BCUT2D eigenvalue weighted by Gasteiger charge is -2.32. The number of hydrogen-bond acceptors (Lipinski definition) is 3. The number of anilines is 2. The summed E-state index contributed by atoms with van der Waals surface area (Å²) in [6, 6.07) is 11.9. The molecule has 4 rings (SSSR count). The van der Waals surface area contributed by atoms with Gasteiger partial charge in [0, 0.05) is 23.2 Å². The number of nitrogens with two attached hydrogens (primary N) is 1. The van der Waals surface area contributed by atoms with Crippen molar-refractivity contribution in [1.82, 2.24) is 4.98 Å². The second-order valence-electron chi connectivity index (χ2n) is 8.19. The molecule has 1 heterocycles. The zero-order valence-electron chi connectivity index (χ0n) is 16.9. The molecule has 1 atom stereocenters. The van der Waals surface area contributed by atoms with Gasteiger partial charge in [-0.05, 0) is 85.5 Å². The molecule has 30 heavy (non-hydrogen) atoms. The van der Waals surface area contributed by atoms with Gasteiger partial charge in [0.2, 0.25) is 5.91 Å². The smallest absolute Gasteiger partial charge is 0.227 e. The van der Waals surface area contributed by atoms with Crippen LogP contribution >= 0.6 is 11.6 Å². The SMILES string of the molecule is C[C@@H](C(=O)Nc1ccc(Cl)c(N)c1)C1CCC(c2ccnc3ccc(F)cc23)CC1.